The Morgan fingerprint density at radius 2 is 1.95 bits per heavy atom. The Kier molecular flexibility index (Phi) is 8.82. The Hall–Kier alpha value is -2.59. The number of aromatic nitrogens is 1. The number of carbonyl (C=O) groups is 1. The summed E-state index contributed by atoms with van der Waals surface area (Å²) in [5, 5.41) is 3.34. The highest BCUT2D eigenvalue weighted by Crippen LogP contribution is 2.40. The summed E-state index contributed by atoms with van der Waals surface area (Å²) >= 11 is 7.00. The molecular formula is C32H43ClN4O5. The Bertz CT molecular complexity index is 1340. The van der Waals surface area contributed by atoms with E-state index in [-0.39, 0.29) is 30.2 Å². The van der Waals surface area contributed by atoms with Crippen LogP contribution < -0.4 is 20.5 Å². The standard InChI is InChI=1S/C32H43ClN4O5/c1-4-37(22-5-7-40-8-6-22)29-14-25(42-24-11-23(12-24)36-16-21-10-26(17-36)41-18-21)13-27(30(29)33)31(38)34-15-28-19(2)9-20(3)35-32(28)39/h9,13-14,21-24,26H,4-8,10-12,15-18H2,1-3H3,(H,34,38)(H,35,39)/t21?,23-,24-,26?. The lowest BCUT2D eigenvalue weighted by atomic mass is 9.85. The molecule has 1 aliphatic carbocycles. The van der Waals surface area contributed by atoms with E-state index >= 15 is 0 Å². The molecule has 0 spiro atoms. The third-order valence-electron chi connectivity index (χ3n) is 9.46. The maximum absolute atomic E-state index is 13.6. The van der Waals surface area contributed by atoms with Gasteiger partial charge in [-0.3, -0.25) is 14.5 Å². The van der Waals surface area contributed by atoms with Gasteiger partial charge in [-0.2, -0.15) is 0 Å². The second-order valence-corrected chi connectivity index (χ2v) is 12.8. The molecule has 228 valence electrons. The van der Waals surface area contributed by atoms with Crippen molar-refractivity contribution in [3.63, 3.8) is 0 Å². The number of nitrogens with one attached hydrogen (secondary N) is 2. The van der Waals surface area contributed by atoms with E-state index < -0.39 is 0 Å². The fourth-order valence-electron chi connectivity index (χ4n) is 7.14. The number of carbonyl (C=O) groups excluding carboxylic acids is 1. The molecule has 1 aromatic carbocycles. The molecule has 4 heterocycles. The molecule has 1 saturated carbocycles. The second-order valence-electron chi connectivity index (χ2n) is 12.4. The molecule has 4 fully saturated rings. The summed E-state index contributed by atoms with van der Waals surface area (Å²) in [7, 11) is 0. The van der Waals surface area contributed by atoms with Crippen LogP contribution in [0.2, 0.25) is 5.02 Å². The Morgan fingerprint density at radius 3 is 2.67 bits per heavy atom. The number of halogens is 1. The number of nitrogens with zero attached hydrogens (tertiary/aromatic N) is 2. The molecule has 6 rings (SSSR count). The van der Waals surface area contributed by atoms with Crippen molar-refractivity contribution in [1.29, 1.82) is 0 Å². The molecule has 0 radical (unpaired) electrons. The molecule has 1 amide bonds. The highest BCUT2D eigenvalue weighted by molar-refractivity contribution is 6.36. The Morgan fingerprint density at radius 1 is 1.17 bits per heavy atom. The SMILES string of the molecule is CCN(c1cc(O[C@H]2C[C@H](N3CC4COC(C4)C3)C2)cc(C(=O)NCc2c(C)cc(C)[nH]c2=O)c1Cl)C1CCOCC1. The number of anilines is 1. The predicted molar refractivity (Wildman–Crippen MR) is 163 cm³/mol. The van der Waals surface area contributed by atoms with E-state index in [2.05, 4.69) is 27.0 Å². The molecule has 3 aliphatic heterocycles. The van der Waals surface area contributed by atoms with Crippen LogP contribution in [0.4, 0.5) is 5.69 Å². The number of benzene rings is 1. The van der Waals surface area contributed by atoms with Crippen LogP contribution in [-0.2, 0) is 16.0 Å². The van der Waals surface area contributed by atoms with Gasteiger partial charge >= 0.3 is 0 Å². The maximum atomic E-state index is 13.6. The van der Waals surface area contributed by atoms with Crippen LogP contribution in [0, 0.1) is 19.8 Å². The van der Waals surface area contributed by atoms with Gasteiger partial charge in [0.05, 0.1) is 29.0 Å². The number of ether oxygens (including phenoxy) is 3. The Balaban J connectivity index is 1.21. The van der Waals surface area contributed by atoms with Gasteiger partial charge < -0.3 is 29.4 Å². The monoisotopic (exact) mass is 598 g/mol. The molecule has 4 aliphatic rings. The van der Waals surface area contributed by atoms with Crippen molar-refractivity contribution in [3.05, 3.63) is 56.0 Å². The van der Waals surface area contributed by atoms with Gasteiger partial charge in [0.1, 0.15) is 11.9 Å². The lowest BCUT2D eigenvalue weighted by Gasteiger charge is -2.45. The number of amides is 1. The zero-order chi connectivity index (χ0) is 29.4. The number of H-pyrrole nitrogens is 1. The maximum Gasteiger partial charge on any atom is 0.253 e. The zero-order valence-corrected chi connectivity index (χ0v) is 25.7. The van der Waals surface area contributed by atoms with Crippen LogP contribution >= 0.6 is 11.6 Å². The van der Waals surface area contributed by atoms with Crippen molar-refractivity contribution in [2.75, 3.05) is 44.4 Å². The molecule has 10 heteroatoms. The van der Waals surface area contributed by atoms with Crippen LogP contribution in [0.15, 0.2) is 23.0 Å². The third-order valence-corrected chi connectivity index (χ3v) is 9.85. The normalized spacial score (nSPS) is 26.1. The minimum Gasteiger partial charge on any atom is -0.490 e. The first kappa shape index (κ1) is 29.5. The van der Waals surface area contributed by atoms with Gasteiger partial charge in [0.2, 0.25) is 0 Å². The van der Waals surface area contributed by atoms with Crippen molar-refractivity contribution >= 4 is 23.2 Å². The van der Waals surface area contributed by atoms with Gasteiger partial charge in [-0.15, -0.1) is 0 Å². The Labute approximate surface area is 252 Å². The van der Waals surface area contributed by atoms with Gasteiger partial charge in [-0.25, -0.2) is 0 Å². The second kappa shape index (κ2) is 12.6. The van der Waals surface area contributed by atoms with Gasteiger partial charge in [-0.1, -0.05) is 11.6 Å². The predicted octanol–water partition coefficient (Wildman–Crippen LogP) is 4.21. The van der Waals surface area contributed by atoms with E-state index in [1.165, 1.54) is 6.42 Å². The number of aryl methyl sites for hydroxylation is 2. The van der Waals surface area contributed by atoms with Crippen LogP contribution in [0.5, 0.6) is 5.75 Å². The van der Waals surface area contributed by atoms with Gasteiger partial charge in [-0.05, 0) is 63.6 Å². The quantitative estimate of drug-likeness (QED) is 0.446. The summed E-state index contributed by atoms with van der Waals surface area (Å²) in [5.74, 6) is 0.984. The molecule has 2 bridgehead atoms. The highest BCUT2D eigenvalue weighted by Gasteiger charge is 2.42. The fourth-order valence-corrected chi connectivity index (χ4v) is 7.44. The first-order chi connectivity index (χ1) is 20.3. The summed E-state index contributed by atoms with van der Waals surface area (Å²) < 4.78 is 18.0. The highest BCUT2D eigenvalue weighted by atomic mass is 35.5. The van der Waals surface area contributed by atoms with Crippen molar-refractivity contribution in [1.82, 2.24) is 15.2 Å². The van der Waals surface area contributed by atoms with Gasteiger partial charge in [0.25, 0.3) is 11.5 Å². The molecule has 2 unspecified atom stereocenters. The van der Waals surface area contributed by atoms with E-state index in [1.807, 2.05) is 26.0 Å². The lowest BCUT2D eigenvalue weighted by molar-refractivity contribution is -0.0111. The number of piperidine rings is 1. The molecule has 2 atom stereocenters. The topological polar surface area (TPSA) is 96.1 Å². The van der Waals surface area contributed by atoms with Crippen LogP contribution in [0.3, 0.4) is 0 Å². The number of pyridine rings is 1. The number of rotatable bonds is 9. The smallest absolute Gasteiger partial charge is 0.253 e. The number of aromatic amines is 1. The van der Waals surface area contributed by atoms with Crippen LogP contribution in [0.25, 0.3) is 0 Å². The van der Waals surface area contributed by atoms with Crippen molar-refractivity contribution in [3.8, 4) is 5.75 Å². The average molecular weight is 599 g/mol. The summed E-state index contributed by atoms with van der Waals surface area (Å²) in [6.45, 7) is 11.1. The first-order valence-electron chi connectivity index (χ1n) is 15.5. The summed E-state index contributed by atoms with van der Waals surface area (Å²) in [6, 6.07) is 6.44. The molecule has 2 aromatic rings. The van der Waals surface area contributed by atoms with Crippen molar-refractivity contribution < 1.29 is 19.0 Å². The number of fused-ring (bicyclic) bond motifs is 2. The van der Waals surface area contributed by atoms with E-state index in [0.29, 0.717) is 53.2 Å². The summed E-state index contributed by atoms with van der Waals surface area (Å²) in [6.07, 6.45) is 5.40. The zero-order valence-electron chi connectivity index (χ0n) is 24.9. The fraction of sp³-hybridized carbons (Fsp3) is 0.625. The molecule has 42 heavy (non-hydrogen) atoms. The van der Waals surface area contributed by atoms with Crippen LogP contribution in [0.1, 0.15) is 66.2 Å². The van der Waals surface area contributed by atoms with Crippen molar-refractivity contribution in [2.45, 2.75) is 83.7 Å². The third kappa shape index (κ3) is 6.20. The molecular weight excluding hydrogens is 556 g/mol. The van der Waals surface area contributed by atoms with Crippen LogP contribution in [-0.4, -0.2) is 79.5 Å². The molecule has 9 nitrogen and oxygen atoms in total. The lowest BCUT2D eigenvalue weighted by Crippen LogP contribution is -2.53. The molecule has 2 N–H and O–H groups in total. The summed E-state index contributed by atoms with van der Waals surface area (Å²) in [5.41, 5.74) is 3.13. The minimum absolute atomic E-state index is 0.0901. The summed E-state index contributed by atoms with van der Waals surface area (Å²) in [4.78, 5) is 33.8. The first-order valence-corrected chi connectivity index (χ1v) is 15.8. The number of likely N-dealkylation sites (tertiary alicyclic amines) is 1. The number of hydrogen-bond acceptors (Lipinski definition) is 7. The average Bonchev–Trinajstić information content (AvgIpc) is 3.29. The number of hydrogen-bond donors (Lipinski definition) is 2. The van der Waals surface area contributed by atoms with Gasteiger partial charge in [0, 0.05) is 81.6 Å². The molecule has 3 saturated heterocycles. The van der Waals surface area contributed by atoms with Crippen molar-refractivity contribution in [2.24, 2.45) is 5.92 Å². The van der Waals surface area contributed by atoms with E-state index in [1.54, 1.807) is 6.07 Å². The molecule has 1 aromatic heterocycles. The largest absolute Gasteiger partial charge is 0.490 e. The van der Waals surface area contributed by atoms with E-state index in [9.17, 15) is 9.59 Å². The van der Waals surface area contributed by atoms with Gasteiger partial charge in [0.15, 0.2) is 0 Å². The minimum atomic E-state index is -0.329. The van der Waals surface area contributed by atoms with E-state index in [0.717, 1.165) is 68.9 Å². The van der Waals surface area contributed by atoms with E-state index in [4.69, 9.17) is 25.8 Å².